The first kappa shape index (κ1) is 23.7. The quantitative estimate of drug-likeness (QED) is 0.491. The van der Waals surface area contributed by atoms with Crippen molar-refractivity contribution in [2.45, 2.75) is 13.0 Å². The van der Waals surface area contributed by atoms with Crippen LogP contribution in [-0.4, -0.2) is 68.8 Å². The second-order valence-corrected chi connectivity index (χ2v) is 8.95. The Bertz CT molecular complexity index is 1320. The maximum atomic E-state index is 13.7. The number of ether oxygens (including phenoxy) is 3. The molecular formula is C26H27ClN2O6. The number of hydrogen-bond donors (Lipinski definition) is 0. The molecule has 1 aromatic heterocycles. The minimum atomic E-state index is -0.622. The van der Waals surface area contributed by atoms with E-state index in [9.17, 15) is 9.59 Å². The molecule has 5 rings (SSSR count). The maximum absolute atomic E-state index is 13.7. The highest BCUT2D eigenvalue weighted by atomic mass is 35.5. The van der Waals surface area contributed by atoms with Crippen LogP contribution < -0.4 is 14.9 Å². The van der Waals surface area contributed by atoms with Crippen molar-refractivity contribution in [2.24, 2.45) is 0 Å². The van der Waals surface area contributed by atoms with E-state index in [1.54, 1.807) is 36.3 Å². The van der Waals surface area contributed by atoms with Crippen LogP contribution in [0.15, 0.2) is 45.6 Å². The van der Waals surface area contributed by atoms with Crippen molar-refractivity contribution < 1.29 is 23.4 Å². The van der Waals surface area contributed by atoms with Crippen LogP contribution in [0.3, 0.4) is 0 Å². The summed E-state index contributed by atoms with van der Waals surface area (Å²) < 4.78 is 22.7. The van der Waals surface area contributed by atoms with Gasteiger partial charge >= 0.3 is 0 Å². The molecule has 0 N–H and O–H groups in total. The molecular weight excluding hydrogens is 472 g/mol. The second-order valence-electron chi connectivity index (χ2n) is 8.51. The first-order valence-electron chi connectivity index (χ1n) is 11.7. The Balaban J connectivity index is 1.62. The summed E-state index contributed by atoms with van der Waals surface area (Å²) in [6.45, 7) is 6.41. The van der Waals surface area contributed by atoms with E-state index in [4.69, 9.17) is 30.2 Å². The zero-order valence-electron chi connectivity index (χ0n) is 19.7. The average Bonchev–Trinajstić information content (AvgIpc) is 3.16. The van der Waals surface area contributed by atoms with E-state index in [0.717, 1.165) is 18.7 Å². The summed E-state index contributed by atoms with van der Waals surface area (Å²) in [4.78, 5) is 31.3. The Morgan fingerprint density at radius 1 is 1.06 bits per heavy atom. The number of rotatable bonds is 7. The fourth-order valence-corrected chi connectivity index (χ4v) is 4.94. The molecule has 0 bridgehead atoms. The van der Waals surface area contributed by atoms with Gasteiger partial charge in [0.05, 0.1) is 43.9 Å². The van der Waals surface area contributed by atoms with Gasteiger partial charge in [-0.05, 0) is 42.8 Å². The monoisotopic (exact) mass is 498 g/mol. The lowest BCUT2D eigenvalue weighted by molar-refractivity contribution is 0.0314. The lowest BCUT2D eigenvalue weighted by atomic mass is 9.98. The number of benzene rings is 2. The van der Waals surface area contributed by atoms with Crippen molar-refractivity contribution in [3.63, 3.8) is 0 Å². The molecule has 1 fully saturated rings. The predicted octanol–water partition coefficient (Wildman–Crippen LogP) is 3.73. The van der Waals surface area contributed by atoms with E-state index >= 15 is 0 Å². The molecule has 1 saturated heterocycles. The summed E-state index contributed by atoms with van der Waals surface area (Å²) in [5.41, 5.74) is 1.14. The Labute approximate surface area is 207 Å². The summed E-state index contributed by atoms with van der Waals surface area (Å²) in [5.74, 6) is 0.900. The largest absolute Gasteiger partial charge is 0.493 e. The summed E-state index contributed by atoms with van der Waals surface area (Å²) in [6.07, 6.45) is 0. The molecule has 3 heterocycles. The van der Waals surface area contributed by atoms with Crippen LogP contribution in [0.25, 0.3) is 11.0 Å². The SMILES string of the molecule is CCOc1ccc([C@@H]2c3c(oc4ccc(Cl)cc4c3=O)C(=O)N2CCN2CCOCC2)cc1OC. The number of methoxy groups -OCH3 is 1. The molecule has 2 aliphatic rings. The topological polar surface area (TPSA) is 81.5 Å². The fourth-order valence-electron chi connectivity index (χ4n) is 4.77. The van der Waals surface area contributed by atoms with Gasteiger partial charge in [0.15, 0.2) is 16.9 Å². The van der Waals surface area contributed by atoms with Crippen LogP contribution in [-0.2, 0) is 4.74 Å². The third-order valence-electron chi connectivity index (χ3n) is 6.49. The molecule has 0 radical (unpaired) electrons. The van der Waals surface area contributed by atoms with Crippen molar-refractivity contribution in [2.75, 3.05) is 53.1 Å². The molecule has 1 atom stereocenters. The van der Waals surface area contributed by atoms with Gasteiger partial charge in [-0.2, -0.15) is 0 Å². The number of carbonyl (C=O) groups is 1. The fraction of sp³-hybridized carbons (Fsp3) is 0.385. The second kappa shape index (κ2) is 9.89. The Morgan fingerprint density at radius 3 is 2.60 bits per heavy atom. The minimum Gasteiger partial charge on any atom is -0.493 e. The molecule has 0 unspecified atom stereocenters. The number of carbonyl (C=O) groups excluding carboxylic acids is 1. The Hall–Kier alpha value is -3.07. The van der Waals surface area contributed by atoms with Crippen molar-refractivity contribution >= 4 is 28.5 Å². The zero-order chi connectivity index (χ0) is 24.5. The van der Waals surface area contributed by atoms with Gasteiger partial charge in [-0.25, -0.2) is 0 Å². The predicted molar refractivity (Wildman–Crippen MR) is 132 cm³/mol. The number of morpholine rings is 1. The van der Waals surface area contributed by atoms with Crippen LogP contribution in [0.4, 0.5) is 0 Å². The maximum Gasteiger partial charge on any atom is 0.290 e. The van der Waals surface area contributed by atoms with Crippen LogP contribution in [0.5, 0.6) is 11.5 Å². The minimum absolute atomic E-state index is 0.0738. The molecule has 8 nitrogen and oxygen atoms in total. The van der Waals surface area contributed by atoms with E-state index in [0.29, 0.717) is 66.0 Å². The van der Waals surface area contributed by atoms with Gasteiger partial charge < -0.3 is 23.5 Å². The molecule has 2 aromatic carbocycles. The summed E-state index contributed by atoms with van der Waals surface area (Å²) in [5, 5.41) is 0.777. The van der Waals surface area contributed by atoms with Crippen LogP contribution in [0.1, 0.15) is 34.6 Å². The third-order valence-corrected chi connectivity index (χ3v) is 6.73. The molecule has 3 aromatic rings. The zero-order valence-corrected chi connectivity index (χ0v) is 20.5. The van der Waals surface area contributed by atoms with Crippen molar-refractivity contribution in [1.29, 1.82) is 0 Å². The summed E-state index contributed by atoms with van der Waals surface area (Å²) in [7, 11) is 1.56. The molecule has 9 heteroatoms. The van der Waals surface area contributed by atoms with Crippen molar-refractivity contribution in [3.8, 4) is 11.5 Å². The number of fused-ring (bicyclic) bond motifs is 2. The van der Waals surface area contributed by atoms with Crippen molar-refractivity contribution in [1.82, 2.24) is 9.80 Å². The number of amides is 1. The van der Waals surface area contributed by atoms with Gasteiger partial charge in [0.25, 0.3) is 5.91 Å². The summed E-state index contributed by atoms with van der Waals surface area (Å²) in [6, 6.07) is 9.72. The standard InChI is InChI=1S/C26H27ClN2O6/c1-3-34-20-6-4-16(14-21(20)32-2)23-22-24(30)18-15-17(27)5-7-19(18)35-25(22)26(31)29(23)9-8-28-10-12-33-13-11-28/h4-7,14-15,23H,3,8-13H2,1-2H3/t23-/m1/s1. The van der Waals surface area contributed by atoms with Gasteiger partial charge in [0.1, 0.15) is 5.58 Å². The number of halogens is 1. The van der Waals surface area contributed by atoms with Crippen LogP contribution in [0, 0.1) is 0 Å². The van der Waals surface area contributed by atoms with E-state index in [-0.39, 0.29) is 17.1 Å². The highest BCUT2D eigenvalue weighted by molar-refractivity contribution is 6.31. The van der Waals surface area contributed by atoms with Crippen LogP contribution >= 0.6 is 11.6 Å². The first-order chi connectivity index (χ1) is 17.0. The van der Waals surface area contributed by atoms with Crippen molar-refractivity contribution in [3.05, 3.63) is 68.5 Å². The highest BCUT2D eigenvalue weighted by Gasteiger charge is 2.43. The average molecular weight is 499 g/mol. The molecule has 0 saturated carbocycles. The van der Waals surface area contributed by atoms with E-state index in [1.165, 1.54) is 0 Å². The molecule has 2 aliphatic heterocycles. The third kappa shape index (κ3) is 4.37. The first-order valence-corrected chi connectivity index (χ1v) is 12.1. The normalized spacial score (nSPS) is 18.2. The lowest BCUT2D eigenvalue weighted by Crippen LogP contribution is -2.42. The lowest BCUT2D eigenvalue weighted by Gasteiger charge is -2.31. The Morgan fingerprint density at radius 2 is 1.86 bits per heavy atom. The summed E-state index contributed by atoms with van der Waals surface area (Å²) >= 11 is 6.17. The number of hydrogen-bond acceptors (Lipinski definition) is 7. The molecule has 1 amide bonds. The van der Waals surface area contributed by atoms with E-state index in [2.05, 4.69) is 4.90 Å². The molecule has 35 heavy (non-hydrogen) atoms. The van der Waals surface area contributed by atoms with Gasteiger partial charge in [-0.1, -0.05) is 17.7 Å². The highest BCUT2D eigenvalue weighted by Crippen LogP contribution is 2.41. The Kier molecular flexibility index (Phi) is 6.69. The van der Waals surface area contributed by atoms with Crippen LogP contribution in [0.2, 0.25) is 5.02 Å². The van der Waals surface area contributed by atoms with Gasteiger partial charge in [-0.3, -0.25) is 14.5 Å². The smallest absolute Gasteiger partial charge is 0.290 e. The van der Waals surface area contributed by atoms with Gasteiger partial charge in [0.2, 0.25) is 5.76 Å². The number of nitrogens with zero attached hydrogens (tertiary/aromatic N) is 2. The molecule has 0 aliphatic carbocycles. The molecule has 184 valence electrons. The molecule has 0 spiro atoms. The van der Waals surface area contributed by atoms with E-state index < -0.39 is 6.04 Å². The van der Waals surface area contributed by atoms with Gasteiger partial charge in [0, 0.05) is 31.2 Å². The van der Waals surface area contributed by atoms with Gasteiger partial charge in [-0.15, -0.1) is 0 Å². The van der Waals surface area contributed by atoms with E-state index in [1.807, 2.05) is 19.1 Å².